The molecule has 1 N–H and O–H groups in total. The maximum atomic E-state index is 4.59. The van der Waals surface area contributed by atoms with Crippen LogP contribution in [0.3, 0.4) is 0 Å². The smallest absolute Gasteiger partial charge is 0.141 e. The second-order valence-corrected chi connectivity index (χ2v) is 1.35. The second kappa shape index (κ2) is 1.74. The van der Waals surface area contributed by atoms with Crippen molar-refractivity contribution in [1.29, 1.82) is 0 Å². The summed E-state index contributed by atoms with van der Waals surface area (Å²) in [5.41, 5.74) is 0. The van der Waals surface area contributed by atoms with E-state index in [1.54, 1.807) is 0 Å². The molecular weight excluding hydrogens is 112 g/mol. The number of aromatic nitrogens is 4. The highest BCUT2D eigenvalue weighted by Crippen LogP contribution is 1.67. The zero-order valence-corrected chi connectivity index (χ0v) is 4.14. The molecule has 0 radical (unpaired) electrons. The van der Waals surface area contributed by atoms with E-state index in [1.807, 2.05) is 0 Å². The Balaban J connectivity index is 3.28. The molecule has 0 bridgehead atoms. The highest BCUT2D eigenvalue weighted by atomic mass is 32.1. The largest absolute Gasteiger partial charge is 0.246 e. The predicted molar refractivity (Wildman–Crippen MR) is 25.0 cm³/mol. The third kappa shape index (κ3) is 1.01. The third-order valence-electron chi connectivity index (χ3n) is 0.432. The normalized spacial score (nSPS) is 8.57. The predicted octanol–water partition coefficient (Wildman–Crippen LogP) is -0.0708. The molecule has 0 aromatic carbocycles. The Morgan fingerprint density at radius 3 is 2.86 bits per heavy atom. The monoisotopic (exact) mass is 114 g/mol. The zero-order valence-electron chi connectivity index (χ0n) is 3.33. The highest BCUT2D eigenvalue weighted by molar-refractivity contribution is 7.71. The molecule has 1 aromatic rings. The van der Waals surface area contributed by atoms with E-state index in [2.05, 4.69) is 32.8 Å². The zero-order chi connectivity index (χ0) is 5.11. The summed E-state index contributed by atoms with van der Waals surface area (Å²) >= 11 is 4.59. The van der Waals surface area contributed by atoms with E-state index >= 15 is 0 Å². The van der Waals surface area contributed by atoms with E-state index in [9.17, 15) is 0 Å². The van der Waals surface area contributed by atoms with Crippen molar-refractivity contribution in [3.05, 3.63) is 10.8 Å². The Labute approximate surface area is 44.6 Å². The van der Waals surface area contributed by atoms with Crippen LogP contribution in [0.5, 0.6) is 0 Å². The van der Waals surface area contributed by atoms with Crippen LogP contribution < -0.4 is 0 Å². The van der Waals surface area contributed by atoms with Crippen LogP contribution in [0.4, 0.5) is 0 Å². The topological polar surface area (TPSA) is 54.5 Å². The molecule has 0 fully saturated rings. The Hall–Kier alpha value is -0.840. The van der Waals surface area contributed by atoms with Crippen LogP contribution in [0.2, 0.25) is 0 Å². The molecule has 0 spiro atoms. The van der Waals surface area contributed by atoms with Gasteiger partial charge in [-0.05, 0) is 10.4 Å². The van der Waals surface area contributed by atoms with Crippen molar-refractivity contribution >= 4 is 12.2 Å². The summed E-state index contributed by atoms with van der Waals surface area (Å²) < 4.78 is 0.495. The van der Waals surface area contributed by atoms with Gasteiger partial charge in [-0.3, -0.25) is 0 Å². The number of rotatable bonds is 0. The molecule has 0 saturated carbocycles. The average molecular weight is 114 g/mol. The fraction of sp³-hybridized carbons (Fsp3) is 0. The van der Waals surface area contributed by atoms with Crippen LogP contribution in [-0.4, -0.2) is 20.6 Å². The van der Waals surface area contributed by atoms with Crippen molar-refractivity contribution in [3.63, 3.8) is 0 Å². The molecule has 0 amide bonds. The molecule has 0 aliphatic carbocycles. The van der Waals surface area contributed by atoms with Gasteiger partial charge in [0.2, 0.25) is 0 Å². The maximum Gasteiger partial charge on any atom is 0.141 e. The van der Waals surface area contributed by atoms with E-state index in [0.29, 0.717) is 4.64 Å². The maximum absolute atomic E-state index is 4.59. The first kappa shape index (κ1) is 4.32. The minimum Gasteiger partial charge on any atom is -0.246 e. The fourth-order valence-electron chi connectivity index (χ4n) is 0.205. The Kier molecular flexibility index (Phi) is 1.08. The van der Waals surface area contributed by atoms with Gasteiger partial charge in [0.25, 0.3) is 0 Å². The van der Waals surface area contributed by atoms with Gasteiger partial charge in [0, 0.05) is 0 Å². The van der Waals surface area contributed by atoms with Crippen LogP contribution in [0, 0.1) is 4.64 Å². The van der Waals surface area contributed by atoms with Gasteiger partial charge in [0.05, 0.1) is 6.20 Å². The Morgan fingerprint density at radius 1 is 1.71 bits per heavy atom. The average Bonchev–Trinajstić information content (AvgIpc) is 1.69. The van der Waals surface area contributed by atoms with Gasteiger partial charge in [-0.1, -0.05) is 12.2 Å². The molecule has 1 rings (SSSR count). The molecular formula is C2H2N4S. The number of nitrogens with zero attached hydrogens (tertiary/aromatic N) is 3. The van der Waals surface area contributed by atoms with Crippen molar-refractivity contribution in [1.82, 2.24) is 20.6 Å². The first-order valence-electron chi connectivity index (χ1n) is 1.62. The van der Waals surface area contributed by atoms with Crippen molar-refractivity contribution in [2.45, 2.75) is 0 Å². The molecule has 7 heavy (non-hydrogen) atoms. The number of hydrogen-bond acceptors (Lipinski definition) is 4. The molecule has 0 saturated heterocycles. The quantitative estimate of drug-likeness (QED) is 0.480. The second-order valence-electron chi connectivity index (χ2n) is 0.910. The van der Waals surface area contributed by atoms with Gasteiger partial charge in [-0.2, -0.15) is 0 Å². The standard InChI is InChI=1S/C2H2N4S/c7-2-1-3-5-6-4-2/h1H,(H,4,5,7). The molecule has 0 aliphatic heterocycles. The van der Waals surface area contributed by atoms with E-state index < -0.39 is 0 Å². The lowest BCUT2D eigenvalue weighted by Gasteiger charge is -1.73. The van der Waals surface area contributed by atoms with Gasteiger partial charge in [0.1, 0.15) is 4.64 Å². The summed E-state index contributed by atoms with van der Waals surface area (Å²) in [6, 6.07) is 0. The first-order valence-corrected chi connectivity index (χ1v) is 2.03. The highest BCUT2D eigenvalue weighted by Gasteiger charge is 1.68. The molecule has 0 aliphatic rings. The molecule has 36 valence electrons. The molecule has 1 aromatic heterocycles. The lowest BCUT2D eigenvalue weighted by atomic mass is 10.9. The SMILES string of the molecule is S=c1cnnn[nH]1. The van der Waals surface area contributed by atoms with Crippen molar-refractivity contribution < 1.29 is 0 Å². The van der Waals surface area contributed by atoms with Gasteiger partial charge in [-0.25, -0.2) is 5.10 Å². The summed E-state index contributed by atoms with van der Waals surface area (Å²) in [6.07, 6.45) is 1.42. The Morgan fingerprint density at radius 2 is 2.57 bits per heavy atom. The molecule has 0 unspecified atom stereocenters. The lowest BCUT2D eigenvalue weighted by Crippen LogP contribution is -1.87. The van der Waals surface area contributed by atoms with Gasteiger partial charge in [-0.15, -0.1) is 5.10 Å². The lowest BCUT2D eigenvalue weighted by molar-refractivity contribution is 0.754. The molecule has 5 heteroatoms. The van der Waals surface area contributed by atoms with E-state index in [1.165, 1.54) is 6.20 Å². The van der Waals surface area contributed by atoms with Crippen molar-refractivity contribution in [2.75, 3.05) is 0 Å². The van der Waals surface area contributed by atoms with Crippen LogP contribution >= 0.6 is 12.2 Å². The molecule has 1 heterocycles. The summed E-state index contributed by atoms with van der Waals surface area (Å²) in [5.74, 6) is 0. The van der Waals surface area contributed by atoms with E-state index in [4.69, 9.17) is 0 Å². The van der Waals surface area contributed by atoms with Crippen molar-refractivity contribution in [3.8, 4) is 0 Å². The van der Waals surface area contributed by atoms with Crippen LogP contribution in [-0.2, 0) is 0 Å². The summed E-state index contributed by atoms with van der Waals surface area (Å²) in [5, 5.41) is 12.3. The molecule has 0 atom stereocenters. The summed E-state index contributed by atoms with van der Waals surface area (Å²) in [6.45, 7) is 0. The van der Waals surface area contributed by atoms with Crippen LogP contribution in [0.1, 0.15) is 0 Å². The van der Waals surface area contributed by atoms with Gasteiger partial charge < -0.3 is 0 Å². The number of hydrogen-bond donors (Lipinski definition) is 1. The van der Waals surface area contributed by atoms with Crippen molar-refractivity contribution in [2.24, 2.45) is 0 Å². The van der Waals surface area contributed by atoms with E-state index in [0.717, 1.165) is 0 Å². The van der Waals surface area contributed by atoms with E-state index in [-0.39, 0.29) is 0 Å². The number of H-pyrrole nitrogens is 1. The minimum atomic E-state index is 0.495. The molecule has 4 nitrogen and oxygen atoms in total. The van der Waals surface area contributed by atoms with Gasteiger partial charge >= 0.3 is 0 Å². The minimum absolute atomic E-state index is 0.495. The van der Waals surface area contributed by atoms with Crippen LogP contribution in [0.15, 0.2) is 6.20 Å². The number of aromatic amines is 1. The fourth-order valence-corrected chi connectivity index (χ4v) is 0.293. The first-order chi connectivity index (χ1) is 3.39. The van der Waals surface area contributed by atoms with Gasteiger partial charge in [0.15, 0.2) is 0 Å². The summed E-state index contributed by atoms with van der Waals surface area (Å²) in [7, 11) is 0. The third-order valence-corrected chi connectivity index (χ3v) is 0.628. The van der Waals surface area contributed by atoms with Crippen LogP contribution in [0.25, 0.3) is 0 Å². The number of nitrogens with one attached hydrogen (secondary N) is 1. The summed E-state index contributed by atoms with van der Waals surface area (Å²) in [4.78, 5) is 0. The Bertz CT molecular complexity index is 175.